The zero-order valence-electron chi connectivity index (χ0n) is 27.0. The lowest BCUT2D eigenvalue weighted by Gasteiger charge is -2.23. The number of aryl methyl sites for hydroxylation is 3. The molecule has 1 fully saturated rings. The summed E-state index contributed by atoms with van der Waals surface area (Å²) >= 11 is 0. The Morgan fingerprint density at radius 3 is 1.90 bits per heavy atom. The van der Waals surface area contributed by atoms with E-state index in [1.165, 1.54) is 78.3 Å². The third-order valence-electron chi connectivity index (χ3n) is 7.91. The third kappa shape index (κ3) is 12.0. The van der Waals surface area contributed by atoms with Crippen LogP contribution in [0.25, 0.3) is 11.1 Å². The lowest BCUT2D eigenvalue weighted by atomic mass is 9.82. The van der Waals surface area contributed by atoms with Crippen molar-refractivity contribution >= 4 is 5.82 Å². The average Bonchev–Trinajstić information content (AvgIpc) is 3.54. The molecule has 40 heavy (non-hydrogen) atoms. The summed E-state index contributed by atoms with van der Waals surface area (Å²) < 4.78 is 4.87. The normalized spacial score (nSPS) is 13.0. The summed E-state index contributed by atoms with van der Waals surface area (Å²) in [6, 6.07) is 17.3. The van der Waals surface area contributed by atoms with Gasteiger partial charge in [-0.15, -0.1) is 6.58 Å². The maximum absolute atomic E-state index is 4.87. The zero-order chi connectivity index (χ0) is 30.1. The van der Waals surface area contributed by atoms with E-state index in [0.717, 1.165) is 23.6 Å². The molecule has 1 heterocycles. The van der Waals surface area contributed by atoms with Crippen molar-refractivity contribution in [3.8, 4) is 11.1 Å². The number of benzene rings is 2. The van der Waals surface area contributed by atoms with Crippen molar-refractivity contribution in [2.24, 2.45) is 5.41 Å². The first kappa shape index (κ1) is 35.0. The summed E-state index contributed by atoms with van der Waals surface area (Å²) in [6.45, 7) is 24.8. The molecule has 0 saturated heterocycles. The minimum absolute atomic E-state index is 0.500. The summed E-state index contributed by atoms with van der Waals surface area (Å²) in [7, 11) is 1.82. The Labute approximate surface area is 246 Å². The highest BCUT2D eigenvalue weighted by Gasteiger charge is 2.28. The second-order valence-corrected chi connectivity index (χ2v) is 11.4. The Morgan fingerprint density at radius 2 is 1.55 bits per heavy atom. The highest BCUT2D eigenvalue weighted by atomic mass is 16.5. The van der Waals surface area contributed by atoms with Crippen LogP contribution in [-0.4, -0.2) is 12.2 Å². The SMILES string of the molecule is C=C(C)C1(C)CCCC1.C=C(C)CCCC.CCc1ccc(-c2ccccc2C)cc1.CNc1noc(C)c1C. The van der Waals surface area contributed by atoms with Gasteiger partial charge in [-0.05, 0) is 94.4 Å². The molecule has 1 aromatic heterocycles. The number of anilines is 1. The minimum atomic E-state index is 0.500. The molecule has 1 aliphatic rings. The predicted molar refractivity (Wildman–Crippen MR) is 177 cm³/mol. The first-order valence-electron chi connectivity index (χ1n) is 15.0. The van der Waals surface area contributed by atoms with Crippen LogP contribution in [0.1, 0.15) is 102 Å². The van der Waals surface area contributed by atoms with E-state index < -0.39 is 0 Å². The Hall–Kier alpha value is -3.07. The van der Waals surface area contributed by atoms with Crippen molar-refractivity contribution in [3.63, 3.8) is 0 Å². The molecule has 0 atom stereocenters. The van der Waals surface area contributed by atoms with Crippen molar-refractivity contribution in [3.05, 3.63) is 95.3 Å². The van der Waals surface area contributed by atoms with Crippen molar-refractivity contribution in [1.82, 2.24) is 5.16 Å². The van der Waals surface area contributed by atoms with E-state index in [1.54, 1.807) is 0 Å². The van der Waals surface area contributed by atoms with Crippen LogP contribution in [0, 0.1) is 26.2 Å². The fourth-order valence-corrected chi connectivity index (χ4v) is 4.53. The van der Waals surface area contributed by atoms with Crippen LogP contribution in [0.2, 0.25) is 0 Å². The first-order chi connectivity index (χ1) is 19.0. The standard InChI is InChI=1S/C15H16.C9H16.C7H14.C6H10N2O/c1-3-13-8-10-14(11-9-13)15-7-5-4-6-12(15)2;1-8(2)9(3)6-4-5-7-9;1-4-5-6-7(2)3;1-4-5(2)9-8-6(4)7-3/h4-11H,3H2,1-2H3;1,4-7H2,2-3H3;2,4-6H2,1,3H3;1-3H3,(H,7,8). The van der Waals surface area contributed by atoms with Crippen molar-refractivity contribution in [2.75, 3.05) is 12.4 Å². The molecule has 0 radical (unpaired) electrons. The summed E-state index contributed by atoms with van der Waals surface area (Å²) in [5.74, 6) is 1.70. The third-order valence-corrected chi connectivity index (χ3v) is 7.91. The maximum atomic E-state index is 4.87. The molecule has 0 amide bonds. The molecule has 1 saturated carbocycles. The Bertz CT molecular complexity index is 1150. The summed E-state index contributed by atoms with van der Waals surface area (Å²) in [6.07, 6.45) is 10.4. The smallest absolute Gasteiger partial charge is 0.172 e. The fraction of sp³-hybridized carbons (Fsp3) is 0.486. The molecule has 0 aliphatic heterocycles. The van der Waals surface area contributed by atoms with Gasteiger partial charge in [0.25, 0.3) is 0 Å². The molecule has 3 nitrogen and oxygen atoms in total. The summed E-state index contributed by atoms with van der Waals surface area (Å²) in [5.41, 5.74) is 9.64. The van der Waals surface area contributed by atoms with Crippen LogP contribution in [0.3, 0.4) is 0 Å². The number of hydrogen-bond acceptors (Lipinski definition) is 3. The largest absolute Gasteiger partial charge is 0.370 e. The number of allylic oxidation sites excluding steroid dienone is 2. The number of unbranched alkanes of at least 4 members (excludes halogenated alkanes) is 1. The number of nitrogens with one attached hydrogen (secondary N) is 1. The molecule has 0 spiro atoms. The van der Waals surface area contributed by atoms with Gasteiger partial charge in [0.05, 0.1) is 0 Å². The van der Waals surface area contributed by atoms with Gasteiger partial charge in [-0.25, -0.2) is 0 Å². The van der Waals surface area contributed by atoms with Crippen LogP contribution in [0.4, 0.5) is 5.82 Å². The lowest BCUT2D eigenvalue weighted by Crippen LogP contribution is -2.10. The van der Waals surface area contributed by atoms with E-state index in [4.69, 9.17) is 4.52 Å². The van der Waals surface area contributed by atoms with Gasteiger partial charge in [0, 0.05) is 12.6 Å². The lowest BCUT2D eigenvalue weighted by molar-refractivity contribution is 0.399. The van der Waals surface area contributed by atoms with Gasteiger partial charge in [0.1, 0.15) is 5.76 Å². The molecular formula is C37H56N2O. The average molecular weight is 545 g/mol. The molecule has 220 valence electrons. The highest BCUT2D eigenvalue weighted by molar-refractivity contribution is 5.67. The van der Waals surface area contributed by atoms with Gasteiger partial charge in [0.2, 0.25) is 0 Å². The van der Waals surface area contributed by atoms with Gasteiger partial charge >= 0.3 is 0 Å². The molecule has 1 N–H and O–H groups in total. The quantitative estimate of drug-likeness (QED) is 0.301. The number of aromatic nitrogens is 1. The van der Waals surface area contributed by atoms with Crippen LogP contribution in [-0.2, 0) is 6.42 Å². The van der Waals surface area contributed by atoms with Gasteiger partial charge in [-0.3, -0.25) is 0 Å². The summed E-state index contributed by atoms with van der Waals surface area (Å²) in [4.78, 5) is 0. The number of hydrogen-bond donors (Lipinski definition) is 1. The van der Waals surface area contributed by atoms with Crippen LogP contribution in [0.15, 0.2) is 77.4 Å². The van der Waals surface area contributed by atoms with Gasteiger partial charge < -0.3 is 9.84 Å². The zero-order valence-corrected chi connectivity index (χ0v) is 27.0. The maximum Gasteiger partial charge on any atom is 0.172 e. The van der Waals surface area contributed by atoms with Gasteiger partial charge in [-0.1, -0.05) is 111 Å². The van der Waals surface area contributed by atoms with Crippen molar-refractivity contribution in [1.29, 1.82) is 0 Å². The van der Waals surface area contributed by atoms with Gasteiger partial charge in [-0.2, -0.15) is 0 Å². The van der Waals surface area contributed by atoms with E-state index >= 15 is 0 Å². The first-order valence-corrected chi connectivity index (χ1v) is 15.0. The molecule has 4 rings (SSSR count). The summed E-state index contributed by atoms with van der Waals surface area (Å²) in [5, 5.41) is 6.66. The molecule has 0 unspecified atom stereocenters. The number of rotatable bonds is 7. The Kier molecular flexibility index (Phi) is 16.0. The molecule has 3 heteroatoms. The second kappa shape index (κ2) is 18.3. The van der Waals surface area contributed by atoms with Gasteiger partial charge in [0.15, 0.2) is 5.82 Å². The molecule has 2 aromatic carbocycles. The molecule has 1 aliphatic carbocycles. The van der Waals surface area contributed by atoms with Crippen molar-refractivity contribution < 1.29 is 4.52 Å². The minimum Gasteiger partial charge on any atom is -0.370 e. The molecule has 0 bridgehead atoms. The molecule has 3 aromatic rings. The van der Waals surface area contributed by atoms with E-state index in [1.807, 2.05) is 20.9 Å². The van der Waals surface area contributed by atoms with Crippen LogP contribution >= 0.6 is 0 Å². The van der Waals surface area contributed by atoms with E-state index in [9.17, 15) is 0 Å². The number of nitrogens with zero attached hydrogens (tertiary/aromatic N) is 1. The van der Waals surface area contributed by atoms with E-state index in [2.05, 4.69) is 114 Å². The second-order valence-electron chi connectivity index (χ2n) is 11.4. The van der Waals surface area contributed by atoms with Crippen molar-refractivity contribution in [2.45, 2.75) is 107 Å². The Morgan fingerprint density at radius 1 is 0.950 bits per heavy atom. The van der Waals surface area contributed by atoms with Crippen LogP contribution in [0.5, 0.6) is 0 Å². The monoisotopic (exact) mass is 544 g/mol. The highest BCUT2D eigenvalue weighted by Crippen LogP contribution is 2.42. The van der Waals surface area contributed by atoms with E-state index in [-0.39, 0.29) is 0 Å². The van der Waals surface area contributed by atoms with Crippen LogP contribution < -0.4 is 5.32 Å². The molecular weight excluding hydrogens is 488 g/mol. The van der Waals surface area contributed by atoms with E-state index in [0.29, 0.717) is 5.41 Å². The topological polar surface area (TPSA) is 38.1 Å². The predicted octanol–water partition coefficient (Wildman–Crippen LogP) is 11.5. The fourth-order valence-electron chi connectivity index (χ4n) is 4.53. The Balaban J connectivity index is 0.000000280.